The smallest absolute Gasteiger partial charge is 0.155 e. The summed E-state index contributed by atoms with van der Waals surface area (Å²) < 4.78 is 22.4. The molecule has 1 unspecified atom stereocenters. The minimum atomic E-state index is -3.11. The fourth-order valence-corrected chi connectivity index (χ4v) is 2.07. The first-order chi connectivity index (χ1) is 4.72. The van der Waals surface area contributed by atoms with E-state index in [4.69, 9.17) is 0 Å². The second-order valence-electron chi connectivity index (χ2n) is 3.25. The highest BCUT2D eigenvalue weighted by Gasteiger charge is 2.32. The third-order valence-corrected chi connectivity index (χ3v) is 4.39. The summed E-state index contributed by atoms with van der Waals surface area (Å²) >= 11 is 0. The lowest BCUT2D eigenvalue weighted by Gasteiger charge is -2.24. The van der Waals surface area contributed by atoms with Gasteiger partial charge < -0.3 is 5.11 Å². The van der Waals surface area contributed by atoms with Gasteiger partial charge in [-0.1, -0.05) is 6.92 Å². The van der Waals surface area contributed by atoms with Crippen molar-refractivity contribution in [2.45, 2.75) is 38.5 Å². The minimum Gasteiger partial charge on any atom is -0.389 e. The molecule has 0 aliphatic heterocycles. The first-order valence-electron chi connectivity index (χ1n) is 3.65. The molecule has 0 radical (unpaired) electrons. The van der Waals surface area contributed by atoms with Crippen molar-refractivity contribution in [2.75, 3.05) is 5.75 Å². The predicted molar refractivity (Wildman–Crippen MR) is 45.2 cm³/mol. The van der Waals surface area contributed by atoms with E-state index in [0.29, 0.717) is 0 Å². The summed E-state index contributed by atoms with van der Waals surface area (Å²) in [7, 11) is -3.11. The molecule has 0 fully saturated rings. The van der Waals surface area contributed by atoms with Gasteiger partial charge in [0.2, 0.25) is 0 Å². The quantitative estimate of drug-likeness (QED) is 0.691. The maximum atomic E-state index is 11.2. The fourth-order valence-electron chi connectivity index (χ4n) is 0.689. The molecular weight excluding hydrogens is 164 g/mol. The predicted octanol–water partition coefficient (Wildman–Crippen LogP) is 0.581. The molecular formula is C7H16O3S. The van der Waals surface area contributed by atoms with Crippen LogP contribution in [0.5, 0.6) is 0 Å². The van der Waals surface area contributed by atoms with Crippen molar-refractivity contribution in [1.82, 2.24) is 0 Å². The molecule has 3 nitrogen and oxygen atoms in total. The molecule has 68 valence electrons. The van der Waals surface area contributed by atoms with Crippen molar-refractivity contribution in [3.8, 4) is 0 Å². The van der Waals surface area contributed by atoms with Crippen LogP contribution in [0.25, 0.3) is 0 Å². The van der Waals surface area contributed by atoms with Crippen LogP contribution in [0.2, 0.25) is 0 Å². The molecule has 4 heteroatoms. The van der Waals surface area contributed by atoms with Crippen LogP contribution in [0.4, 0.5) is 0 Å². The fraction of sp³-hybridized carbons (Fsp3) is 1.00. The molecule has 0 rings (SSSR count). The topological polar surface area (TPSA) is 54.4 Å². The maximum Gasteiger partial charge on any atom is 0.155 e. The van der Waals surface area contributed by atoms with E-state index in [1.807, 2.05) is 0 Å². The van der Waals surface area contributed by atoms with Crippen molar-refractivity contribution in [3.63, 3.8) is 0 Å². The molecule has 0 aliphatic carbocycles. The first kappa shape index (κ1) is 10.9. The van der Waals surface area contributed by atoms with Crippen LogP contribution in [0.3, 0.4) is 0 Å². The normalized spacial score (nSPS) is 16.5. The third kappa shape index (κ3) is 2.79. The van der Waals surface area contributed by atoms with Gasteiger partial charge >= 0.3 is 0 Å². The van der Waals surface area contributed by atoms with Crippen molar-refractivity contribution in [3.05, 3.63) is 0 Å². The molecule has 1 atom stereocenters. The van der Waals surface area contributed by atoms with E-state index < -0.39 is 20.7 Å². The monoisotopic (exact) mass is 180 g/mol. The van der Waals surface area contributed by atoms with E-state index in [1.165, 1.54) is 20.8 Å². The van der Waals surface area contributed by atoms with Crippen LogP contribution in [0.1, 0.15) is 27.7 Å². The lowest BCUT2D eigenvalue weighted by molar-refractivity contribution is 0.0796. The molecule has 0 aliphatic rings. The molecule has 1 N–H and O–H groups in total. The van der Waals surface area contributed by atoms with Gasteiger partial charge in [0.1, 0.15) is 0 Å². The van der Waals surface area contributed by atoms with Gasteiger partial charge in [0, 0.05) is 5.75 Å². The van der Waals surface area contributed by atoms with Crippen molar-refractivity contribution < 1.29 is 13.5 Å². The zero-order valence-electron chi connectivity index (χ0n) is 7.46. The Balaban J connectivity index is 4.64. The number of rotatable bonds is 3. The van der Waals surface area contributed by atoms with E-state index in [9.17, 15) is 13.5 Å². The second-order valence-corrected chi connectivity index (χ2v) is 5.86. The SMILES string of the molecule is CCS(=O)(=O)C(C)C(C)(C)O. The molecule has 0 saturated heterocycles. The number of hydrogen-bond donors (Lipinski definition) is 1. The molecule has 0 spiro atoms. The number of aliphatic hydroxyl groups is 1. The van der Waals surface area contributed by atoms with Crippen LogP contribution in [0.15, 0.2) is 0 Å². The Morgan fingerprint density at radius 2 is 1.82 bits per heavy atom. The standard InChI is InChI=1S/C7H16O3S/c1-5-11(9,10)6(2)7(3,4)8/h6,8H,5H2,1-4H3. The van der Waals surface area contributed by atoms with Gasteiger partial charge in [0.15, 0.2) is 9.84 Å². The van der Waals surface area contributed by atoms with Crippen molar-refractivity contribution >= 4 is 9.84 Å². The summed E-state index contributed by atoms with van der Waals surface area (Å²) in [6.45, 7) is 6.12. The van der Waals surface area contributed by atoms with Gasteiger partial charge in [-0.15, -0.1) is 0 Å². The zero-order chi connectivity index (χ0) is 9.28. The van der Waals surface area contributed by atoms with Gasteiger partial charge in [-0.25, -0.2) is 8.42 Å². The van der Waals surface area contributed by atoms with E-state index in [2.05, 4.69) is 0 Å². The summed E-state index contributed by atoms with van der Waals surface area (Å²) in [6, 6.07) is 0. The Hall–Kier alpha value is -0.0900. The van der Waals surface area contributed by atoms with Crippen LogP contribution < -0.4 is 0 Å². The second kappa shape index (κ2) is 3.11. The van der Waals surface area contributed by atoms with Crippen LogP contribution in [0, 0.1) is 0 Å². The lowest BCUT2D eigenvalue weighted by Crippen LogP contribution is -2.40. The van der Waals surface area contributed by atoms with Crippen molar-refractivity contribution in [1.29, 1.82) is 0 Å². The molecule has 0 aromatic carbocycles. The average molecular weight is 180 g/mol. The highest BCUT2D eigenvalue weighted by molar-refractivity contribution is 7.92. The maximum absolute atomic E-state index is 11.2. The Kier molecular flexibility index (Phi) is 3.08. The summed E-state index contributed by atoms with van der Waals surface area (Å²) in [5.74, 6) is 0.0815. The van der Waals surface area contributed by atoms with E-state index in [1.54, 1.807) is 6.92 Å². The van der Waals surface area contributed by atoms with E-state index in [-0.39, 0.29) is 5.75 Å². The highest BCUT2D eigenvalue weighted by atomic mass is 32.2. The Labute approximate surface area is 68.3 Å². The summed E-state index contributed by atoms with van der Waals surface area (Å²) in [5, 5.41) is 8.68. The van der Waals surface area contributed by atoms with Gasteiger partial charge in [0.25, 0.3) is 0 Å². The zero-order valence-corrected chi connectivity index (χ0v) is 8.27. The number of sulfone groups is 1. The molecule has 0 aromatic rings. The third-order valence-electron chi connectivity index (χ3n) is 1.94. The van der Waals surface area contributed by atoms with E-state index >= 15 is 0 Å². The lowest BCUT2D eigenvalue weighted by atomic mass is 10.1. The van der Waals surface area contributed by atoms with Gasteiger partial charge in [-0.3, -0.25) is 0 Å². The van der Waals surface area contributed by atoms with Gasteiger partial charge in [-0.05, 0) is 20.8 Å². The van der Waals surface area contributed by atoms with Crippen LogP contribution >= 0.6 is 0 Å². The van der Waals surface area contributed by atoms with Crippen LogP contribution in [-0.4, -0.2) is 30.1 Å². The molecule has 0 saturated carbocycles. The first-order valence-corrected chi connectivity index (χ1v) is 5.37. The molecule has 11 heavy (non-hydrogen) atoms. The molecule has 0 heterocycles. The molecule has 0 aromatic heterocycles. The minimum absolute atomic E-state index is 0.0815. The Morgan fingerprint density at radius 3 is 1.91 bits per heavy atom. The molecule has 0 bridgehead atoms. The summed E-state index contributed by atoms with van der Waals surface area (Å²) in [6.07, 6.45) is 0. The van der Waals surface area contributed by atoms with Gasteiger partial charge in [0.05, 0.1) is 10.9 Å². The van der Waals surface area contributed by atoms with E-state index in [0.717, 1.165) is 0 Å². The molecule has 0 amide bonds. The average Bonchev–Trinajstić information content (AvgIpc) is 1.84. The summed E-state index contributed by atoms with van der Waals surface area (Å²) in [5.41, 5.74) is -1.14. The highest BCUT2D eigenvalue weighted by Crippen LogP contribution is 2.16. The van der Waals surface area contributed by atoms with Crippen LogP contribution in [-0.2, 0) is 9.84 Å². The largest absolute Gasteiger partial charge is 0.389 e. The Bertz CT molecular complexity index is 210. The Morgan fingerprint density at radius 1 is 1.45 bits per heavy atom. The van der Waals surface area contributed by atoms with Crippen molar-refractivity contribution in [2.24, 2.45) is 0 Å². The summed E-state index contributed by atoms with van der Waals surface area (Å²) in [4.78, 5) is 0. The number of hydrogen-bond acceptors (Lipinski definition) is 3. The van der Waals surface area contributed by atoms with Gasteiger partial charge in [-0.2, -0.15) is 0 Å².